The average molecular weight is 417 g/mol. The quantitative estimate of drug-likeness (QED) is 0.525. The van der Waals surface area contributed by atoms with E-state index in [1.807, 2.05) is 18.2 Å². The predicted molar refractivity (Wildman–Crippen MR) is 118 cm³/mol. The summed E-state index contributed by atoms with van der Waals surface area (Å²) in [4.78, 5) is 5.00. The summed E-state index contributed by atoms with van der Waals surface area (Å²) in [5.74, 6) is 3.55. The molecule has 0 unspecified atom stereocenters. The van der Waals surface area contributed by atoms with Crippen LogP contribution in [0.15, 0.2) is 40.8 Å². The van der Waals surface area contributed by atoms with Gasteiger partial charge in [-0.3, -0.25) is 9.80 Å². The second kappa shape index (κ2) is 12.1. The molecule has 2 heterocycles. The van der Waals surface area contributed by atoms with Crippen molar-refractivity contribution >= 4 is 0 Å². The van der Waals surface area contributed by atoms with Crippen LogP contribution in [0.4, 0.5) is 0 Å². The summed E-state index contributed by atoms with van der Waals surface area (Å²) < 4.78 is 21.9. The zero-order valence-corrected chi connectivity index (χ0v) is 18.6. The first-order valence-corrected chi connectivity index (χ1v) is 10.8. The Bertz CT molecular complexity index is 740. The number of furan rings is 1. The van der Waals surface area contributed by atoms with Gasteiger partial charge in [0.15, 0.2) is 0 Å². The topological polar surface area (TPSA) is 47.3 Å². The monoisotopic (exact) mass is 416 g/mol. The summed E-state index contributed by atoms with van der Waals surface area (Å²) in [7, 11) is 5.20. The first-order chi connectivity index (χ1) is 14.7. The Labute approximate surface area is 180 Å². The lowest BCUT2D eigenvalue weighted by molar-refractivity contribution is 0.100. The fourth-order valence-electron chi connectivity index (χ4n) is 4.17. The van der Waals surface area contributed by atoms with Gasteiger partial charge in [-0.2, -0.15) is 0 Å². The fourth-order valence-corrected chi connectivity index (χ4v) is 4.17. The molecule has 3 rings (SSSR count). The largest absolute Gasteiger partial charge is 0.496 e. The predicted octanol–water partition coefficient (Wildman–Crippen LogP) is 3.80. The number of nitrogens with zero attached hydrogens (tertiary/aromatic N) is 2. The molecule has 1 fully saturated rings. The van der Waals surface area contributed by atoms with Gasteiger partial charge in [0.05, 0.1) is 20.3 Å². The number of likely N-dealkylation sites (tertiary alicyclic amines) is 1. The van der Waals surface area contributed by atoms with Crippen LogP contribution in [0.25, 0.3) is 0 Å². The maximum absolute atomic E-state index is 5.90. The van der Waals surface area contributed by atoms with Crippen molar-refractivity contribution in [2.24, 2.45) is 5.92 Å². The van der Waals surface area contributed by atoms with Gasteiger partial charge in [-0.05, 0) is 50.0 Å². The van der Waals surface area contributed by atoms with Gasteiger partial charge < -0.3 is 18.6 Å². The SMILES string of the molecule is COCCN(Cc1ccc(COC)o1)CC1CCN(Cc2ccccc2OC)CC1. The standard InChI is InChI=1S/C24H36N2O4/c1-27-15-14-26(18-22-8-9-23(30-22)19-28-2)16-20-10-12-25(13-11-20)17-21-6-4-5-7-24(21)29-3/h4-9,20H,10-19H2,1-3H3. The smallest absolute Gasteiger partial charge is 0.129 e. The van der Waals surface area contributed by atoms with Crippen LogP contribution >= 0.6 is 0 Å². The third kappa shape index (κ3) is 6.84. The van der Waals surface area contributed by atoms with Gasteiger partial charge in [0.1, 0.15) is 23.9 Å². The average Bonchev–Trinajstić information content (AvgIpc) is 3.21. The molecule has 0 N–H and O–H groups in total. The summed E-state index contributed by atoms with van der Waals surface area (Å²) in [5.41, 5.74) is 1.27. The highest BCUT2D eigenvalue weighted by Crippen LogP contribution is 2.24. The van der Waals surface area contributed by atoms with Crippen molar-refractivity contribution in [2.45, 2.75) is 32.5 Å². The number of hydrogen-bond donors (Lipinski definition) is 0. The Kier molecular flexibility index (Phi) is 9.21. The number of methoxy groups -OCH3 is 3. The molecular weight excluding hydrogens is 380 g/mol. The van der Waals surface area contributed by atoms with Gasteiger partial charge >= 0.3 is 0 Å². The second-order valence-corrected chi connectivity index (χ2v) is 8.06. The number of ether oxygens (including phenoxy) is 3. The summed E-state index contributed by atoms with van der Waals surface area (Å²) in [6, 6.07) is 12.4. The van der Waals surface area contributed by atoms with E-state index in [1.54, 1.807) is 21.3 Å². The van der Waals surface area contributed by atoms with E-state index >= 15 is 0 Å². The summed E-state index contributed by atoms with van der Waals surface area (Å²) in [6.45, 7) is 7.26. The van der Waals surface area contributed by atoms with Crippen molar-refractivity contribution in [1.82, 2.24) is 9.80 Å². The second-order valence-electron chi connectivity index (χ2n) is 8.06. The van der Waals surface area contributed by atoms with E-state index in [4.69, 9.17) is 18.6 Å². The fraction of sp³-hybridized carbons (Fsp3) is 0.583. The summed E-state index contributed by atoms with van der Waals surface area (Å²) in [5, 5.41) is 0. The van der Waals surface area contributed by atoms with Crippen LogP contribution in [-0.2, 0) is 29.2 Å². The maximum atomic E-state index is 5.90. The van der Waals surface area contributed by atoms with Crippen LogP contribution in [0.2, 0.25) is 0 Å². The first-order valence-electron chi connectivity index (χ1n) is 10.8. The third-order valence-corrected chi connectivity index (χ3v) is 5.81. The van der Waals surface area contributed by atoms with E-state index in [1.165, 1.54) is 18.4 Å². The van der Waals surface area contributed by atoms with E-state index in [0.29, 0.717) is 12.5 Å². The van der Waals surface area contributed by atoms with E-state index in [0.717, 1.165) is 63.1 Å². The molecule has 1 aromatic heterocycles. The molecule has 0 bridgehead atoms. The Hall–Kier alpha value is -1.86. The highest BCUT2D eigenvalue weighted by Gasteiger charge is 2.22. The van der Waals surface area contributed by atoms with Gasteiger partial charge in [-0.1, -0.05) is 18.2 Å². The van der Waals surface area contributed by atoms with Crippen LogP contribution in [0.1, 0.15) is 29.9 Å². The lowest BCUT2D eigenvalue weighted by Crippen LogP contribution is -2.39. The molecule has 1 aromatic carbocycles. The van der Waals surface area contributed by atoms with Crippen molar-refractivity contribution in [3.8, 4) is 5.75 Å². The zero-order chi connectivity index (χ0) is 21.2. The molecule has 0 saturated carbocycles. The van der Waals surface area contributed by atoms with Crippen LogP contribution in [0.3, 0.4) is 0 Å². The maximum Gasteiger partial charge on any atom is 0.129 e. The van der Waals surface area contributed by atoms with Crippen LogP contribution in [0.5, 0.6) is 5.75 Å². The van der Waals surface area contributed by atoms with Crippen molar-refractivity contribution in [3.05, 3.63) is 53.5 Å². The number of benzene rings is 1. The molecule has 30 heavy (non-hydrogen) atoms. The van der Waals surface area contributed by atoms with Gasteiger partial charge in [0.25, 0.3) is 0 Å². The van der Waals surface area contributed by atoms with E-state index < -0.39 is 0 Å². The van der Waals surface area contributed by atoms with Crippen molar-refractivity contribution < 1.29 is 18.6 Å². The molecule has 1 aliphatic heterocycles. The number of para-hydroxylation sites is 1. The normalized spacial score (nSPS) is 15.7. The molecular formula is C24H36N2O4. The molecule has 1 aliphatic rings. The van der Waals surface area contributed by atoms with E-state index in [-0.39, 0.29) is 0 Å². The minimum absolute atomic E-state index is 0.517. The van der Waals surface area contributed by atoms with Gasteiger partial charge in [0.2, 0.25) is 0 Å². The summed E-state index contributed by atoms with van der Waals surface area (Å²) in [6.07, 6.45) is 2.43. The molecule has 166 valence electrons. The molecule has 6 nitrogen and oxygen atoms in total. The number of rotatable bonds is 12. The van der Waals surface area contributed by atoms with Gasteiger partial charge in [-0.15, -0.1) is 0 Å². The minimum atomic E-state index is 0.517. The van der Waals surface area contributed by atoms with Gasteiger partial charge in [0, 0.05) is 39.4 Å². The van der Waals surface area contributed by atoms with Crippen LogP contribution < -0.4 is 4.74 Å². The molecule has 0 aliphatic carbocycles. The number of piperidine rings is 1. The summed E-state index contributed by atoms with van der Waals surface area (Å²) >= 11 is 0. The Morgan fingerprint density at radius 1 is 1.00 bits per heavy atom. The minimum Gasteiger partial charge on any atom is -0.496 e. The van der Waals surface area contributed by atoms with Crippen molar-refractivity contribution in [2.75, 3.05) is 54.1 Å². The Morgan fingerprint density at radius 3 is 2.50 bits per heavy atom. The molecule has 0 radical (unpaired) electrons. The van der Waals surface area contributed by atoms with Crippen LogP contribution in [-0.4, -0.2) is 63.9 Å². The zero-order valence-electron chi connectivity index (χ0n) is 18.6. The molecule has 2 aromatic rings. The first kappa shape index (κ1) is 22.8. The van der Waals surface area contributed by atoms with Crippen molar-refractivity contribution in [3.63, 3.8) is 0 Å². The van der Waals surface area contributed by atoms with Crippen molar-refractivity contribution in [1.29, 1.82) is 0 Å². The lowest BCUT2D eigenvalue weighted by atomic mass is 9.95. The Balaban J connectivity index is 1.49. The highest BCUT2D eigenvalue weighted by atomic mass is 16.5. The molecule has 0 amide bonds. The molecule has 0 spiro atoms. The van der Waals surface area contributed by atoms with Crippen LogP contribution in [0, 0.1) is 5.92 Å². The molecule has 6 heteroatoms. The van der Waals surface area contributed by atoms with E-state index in [2.05, 4.69) is 28.0 Å². The van der Waals surface area contributed by atoms with E-state index in [9.17, 15) is 0 Å². The highest BCUT2D eigenvalue weighted by molar-refractivity contribution is 5.33. The molecule has 0 atom stereocenters. The molecule has 1 saturated heterocycles. The third-order valence-electron chi connectivity index (χ3n) is 5.81. The van der Waals surface area contributed by atoms with Gasteiger partial charge in [-0.25, -0.2) is 0 Å². The lowest BCUT2D eigenvalue weighted by Gasteiger charge is -2.35. The Morgan fingerprint density at radius 2 is 1.77 bits per heavy atom. The number of hydrogen-bond acceptors (Lipinski definition) is 6.